The number of rotatable bonds is 2. The number of ether oxygens (including phenoxy) is 1. The Morgan fingerprint density at radius 1 is 1.53 bits per heavy atom. The number of carbonyl (C=O) groups is 1. The van der Waals surface area contributed by atoms with Crippen LogP contribution in [0, 0.1) is 0 Å². The van der Waals surface area contributed by atoms with Gasteiger partial charge in [0, 0.05) is 0 Å². The summed E-state index contributed by atoms with van der Waals surface area (Å²) in [5.74, 6) is 0.353. The van der Waals surface area contributed by atoms with Crippen molar-refractivity contribution < 1.29 is 9.53 Å². The Morgan fingerprint density at radius 3 is 3.07 bits per heavy atom. The molecule has 2 rings (SSSR count). The average Bonchev–Trinajstić information content (AvgIpc) is 2.61. The van der Waals surface area contributed by atoms with Crippen LogP contribution in [0.3, 0.4) is 0 Å². The third kappa shape index (κ3) is 1.71. The highest BCUT2D eigenvalue weighted by atomic mass is 16.5. The van der Waals surface area contributed by atoms with Crippen LogP contribution < -0.4 is 5.73 Å². The second kappa shape index (κ2) is 3.52. The molecule has 78 valence electrons. The van der Waals surface area contributed by atoms with Crippen LogP contribution in [0.5, 0.6) is 0 Å². The molecule has 0 aromatic carbocycles. The van der Waals surface area contributed by atoms with Crippen LogP contribution in [-0.2, 0) is 16.0 Å². The molecule has 0 aliphatic rings. The second-order valence-corrected chi connectivity index (χ2v) is 2.90. The molecule has 0 radical (unpaired) electrons. The van der Waals surface area contributed by atoms with Crippen molar-refractivity contribution in [2.24, 2.45) is 0 Å². The Balaban J connectivity index is 2.43. The molecule has 0 aliphatic heterocycles. The molecule has 7 nitrogen and oxygen atoms in total. The number of hydrogen-bond acceptors (Lipinski definition) is 6. The van der Waals surface area contributed by atoms with Gasteiger partial charge in [0.25, 0.3) is 0 Å². The maximum absolute atomic E-state index is 11.0. The second-order valence-electron chi connectivity index (χ2n) is 2.90. The summed E-state index contributed by atoms with van der Waals surface area (Å²) in [6.07, 6.45) is 0.0219. The Labute approximate surface area is 84.9 Å². The molecule has 0 saturated heterocycles. The first-order chi connectivity index (χ1) is 7.20. The van der Waals surface area contributed by atoms with E-state index in [9.17, 15) is 4.79 Å². The number of anilines is 1. The molecule has 0 aliphatic carbocycles. The lowest BCUT2D eigenvalue weighted by atomic mass is 10.4. The fourth-order valence-corrected chi connectivity index (χ4v) is 1.16. The van der Waals surface area contributed by atoms with Crippen LogP contribution in [-0.4, -0.2) is 32.9 Å². The van der Waals surface area contributed by atoms with E-state index in [4.69, 9.17) is 5.73 Å². The predicted octanol–water partition coefficient (Wildman–Crippen LogP) is -0.578. The van der Waals surface area contributed by atoms with Gasteiger partial charge in [-0.05, 0) is 12.1 Å². The number of nitrogens with two attached hydrogens (primary N) is 1. The zero-order chi connectivity index (χ0) is 10.8. The van der Waals surface area contributed by atoms with Crippen LogP contribution in [0.2, 0.25) is 0 Å². The van der Waals surface area contributed by atoms with Crippen LogP contribution in [0.1, 0.15) is 5.82 Å². The van der Waals surface area contributed by atoms with Gasteiger partial charge in [-0.2, -0.15) is 4.52 Å². The predicted molar refractivity (Wildman–Crippen MR) is 50.9 cm³/mol. The molecule has 2 aromatic heterocycles. The van der Waals surface area contributed by atoms with Crippen molar-refractivity contribution in [2.75, 3.05) is 12.8 Å². The highest BCUT2D eigenvalue weighted by Gasteiger charge is 2.11. The maximum atomic E-state index is 11.0. The summed E-state index contributed by atoms with van der Waals surface area (Å²) in [7, 11) is 1.31. The van der Waals surface area contributed by atoms with Gasteiger partial charge in [0.15, 0.2) is 11.5 Å². The van der Waals surface area contributed by atoms with Crippen molar-refractivity contribution in [3.05, 3.63) is 18.0 Å². The number of esters is 1. The largest absolute Gasteiger partial charge is 0.469 e. The number of hydrogen-bond donors (Lipinski definition) is 1. The van der Waals surface area contributed by atoms with Gasteiger partial charge >= 0.3 is 5.97 Å². The molecule has 2 aromatic rings. The molecule has 0 amide bonds. The van der Waals surface area contributed by atoms with Crippen LogP contribution >= 0.6 is 0 Å². The van der Waals surface area contributed by atoms with Crippen molar-refractivity contribution in [2.45, 2.75) is 6.42 Å². The SMILES string of the molecule is COC(=O)Cc1nnc2ccc(N)nn12. The Morgan fingerprint density at radius 2 is 2.33 bits per heavy atom. The molecule has 0 unspecified atom stereocenters. The van der Waals surface area contributed by atoms with Gasteiger partial charge in [0.2, 0.25) is 0 Å². The fraction of sp³-hybridized carbons (Fsp3) is 0.250. The smallest absolute Gasteiger partial charge is 0.313 e. The lowest BCUT2D eigenvalue weighted by Crippen LogP contribution is -2.09. The van der Waals surface area contributed by atoms with E-state index in [1.54, 1.807) is 12.1 Å². The molecule has 0 saturated carbocycles. The van der Waals surface area contributed by atoms with Gasteiger partial charge in [-0.1, -0.05) is 0 Å². The van der Waals surface area contributed by atoms with Crippen molar-refractivity contribution in [3.8, 4) is 0 Å². The monoisotopic (exact) mass is 207 g/mol. The summed E-state index contributed by atoms with van der Waals surface area (Å²) in [5, 5.41) is 11.6. The van der Waals surface area contributed by atoms with Gasteiger partial charge in [0.05, 0.1) is 7.11 Å². The standard InChI is InChI=1S/C8H9N5O2/c1-15-8(14)4-7-11-10-6-3-2-5(9)12-13(6)7/h2-3H,4H2,1H3,(H2,9,12). The van der Waals surface area contributed by atoms with E-state index in [0.717, 1.165) is 0 Å². The summed E-state index contributed by atoms with van der Waals surface area (Å²) < 4.78 is 5.95. The normalized spacial score (nSPS) is 10.5. The first-order valence-electron chi connectivity index (χ1n) is 4.24. The molecule has 7 heteroatoms. The minimum Gasteiger partial charge on any atom is -0.469 e. The molecular formula is C8H9N5O2. The number of methoxy groups -OCH3 is 1. The zero-order valence-electron chi connectivity index (χ0n) is 8.04. The fourth-order valence-electron chi connectivity index (χ4n) is 1.16. The summed E-state index contributed by atoms with van der Waals surface area (Å²) >= 11 is 0. The molecule has 0 bridgehead atoms. The number of carbonyl (C=O) groups excluding carboxylic acids is 1. The van der Waals surface area contributed by atoms with Crippen molar-refractivity contribution in [1.29, 1.82) is 0 Å². The van der Waals surface area contributed by atoms with Gasteiger partial charge in [-0.3, -0.25) is 4.79 Å². The Kier molecular flexibility index (Phi) is 2.20. The summed E-state index contributed by atoms with van der Waals surface area (Å²) in [5.41, 5.74) is 6.06. The average molecular weight is 207 g/mol. The quantitative estimate of drug-likeness (QED) is 0.662. The highest BCUT2D eigenvalue weighted by molar-refractivity contribution is 5.71. The van der Waals surface area contributed by atoms with Gasteiger partial charge in [-0.15, -0.1) is 15.3 Å². The molecule has 0 spiro atoms. The minimum atomic E-state index is -0.395. The van der Waals surface area contributed by atoms with E-state index in [0.29, 0.717) is 17.3 Å². The summed E-state index contributed by atoms with van der Waals surface area (Å²) in [6, 6.07) is 3.29. The molecular weight excluding hydrogens is 198 g/mol. The van der Waals surface area contributed by atoms with Crippen molar-refractivity contribution in [3.63, 3.8) is 0 Å². The lowest BCUT2D eigenvalue weighted by molar-refractivity contribution is -0.139. The highest BCUT2D eigenvalue weighted by Crippen LogP contribution is 2.05. The topological polar surface area (TPSA) is 95.4 Å². The van der Waals surface area contributed by atoms with E-state index in [1.807, 2.05) is 0 Å². The third-order valence-electron chi connectivity index (χ3n) is 1.88. The van der Waals surface area contributed by atoms with Gasteiger partial charge in [-0.25, -0.2) is 0 Å². The van der Waals surface area contributed by atoms with Crippen molar-refractivity contribution in [1.82, 2.24) is 19.8 Å². The Hall–Kier alpha value is -2.18. The van der Waals surface area contributed by atoms with E-state index in [-0.39, 0.29) is 6.42 Å². The van der Waals surface area contributed by atoms with Crippen LogP contribution in [0.4, 0.5) is 5.82 Å². The van der Waals surface area contributed by atoms with E-state index < -0.39 is 5.97 Å². The third-order valence-corrected chi connectivity index (χ3v) is 1.88. The van der Waals surface area contributed by atoms with Crippen molar-refractivity contribution >= 4 is 17.4 Å². The van der Waals surface area contributed by atoms with Crippen LogP contribution in [0.15, 0.2) is 12.1 Å². The molecule has 0 fully saturated rings. The molecule has 15 heavy (non-hydrogen) atoms. The zero-order valence-corrected chi connectivity index (χ0v) is 8.04. The minimum absolute atomic E-state index is 0.0219. The van der Waals surface area contributed by atoms with Gasteiger partial charge < -0.3 is 10.5 Å². The maximum Gasteiger partial charge on any atom is 0.313 e. The van der Waals surface area contributed by atoms with Gasteiger partial charge in [0.1, 0.15) is 12.2 Å². The first kappa shape index (κ1) is 9.38. The van der Waals surface area contributed by atoms with E-state index in [1.165, 1.54) is 11.6 Å². The number of fused-ring (bicyclic) bond motifs is 1. The molecule has 2 heterocycles. The number of nitrogens with zero attached hydrogens (tertiary/aromatic N) is 4. The first-order valence-corrected chi connectivity index (χ1v) is 4.24. The van der Waals surface area contributed by atoms with Crippen LogP contribution in [0.25, 0.3) is 5.65 Å². The number of nitrogen functional groups attached to an aromatic ring is 1. The molecule has 2 N–H and O–H groups in total. The number of aromatic nitrogens is 4. The summed E-state index contributed by atoms with van der Waals surface area (Å²) in [6.45, 7) is 0. The van der Waals surface area contributed by atoms with E-state index >= 15 is 0 Å². The molecule has 0 atom stereocenters. The Bertz CT molecular complexity index is 507. The lowest BCUT2D eigenvalue weighted by Gasteiger charge is -1.98. The summed E-state index contributed by atoms with van der Waals surface area (Å²) in [4.78, 5) is 11.0. The van der Waals surface area contributed by atoms with E-state index in [2.05, 4.69) is 20.0 Å².